The molecule has 5 nitrogen and oxygen atoms in total. The van der Waals surface area contributed by atoms with Crippen molar-refractivity contribution in [3.05, 3.63) is 87.9 Å². The van der Waals surface area contributed by atoms with E-state index in [1.54, 1.807) is 36.4 Å². The molecule has 162 valence electrons. The van der Waals surface area contributed by atoms with Gasteiger partial charge in [0.05, 0.1) is 20.7 Å². The number of aryl methyl sites for hydroxylation is 1. The van der Waals surface area contributed by atoms with Crippen LogP contribution in [-0.2, 0) is 20.6 Å². The number of hydrogen-bond acceptors (Lipinski definition) is 4. The van der Waals surface area contributed by atoms with Crippen LogP contribution in [0.2, 0.25) is 10.0 Å². The molecule has 9 heteroatoms. The van der Waals surface area contributed by atoms with Gasteiger partial charge in [-0.1, -0.05) is 47.0 Å². The maximum atomic E-state index is 12.5. The molecule has 0 bridgehead atoms. The highest BCUT2D eigenvalue weighted by molar-refractivity contribution is 7.99. The molecular formula is C22H20Cl2N2O3S2. The molecule has 0 unspecified atom stereocenters. The number of amides is 1. The first-order valence-corrected chi connectivity index (χ1v) is 12.6. The molecule has 0 aliphatic carbocycles. The smallest absolute Gasteiger partial charge is 0.261 e. The predicted octanol–water partition coefficient (Wildman–Crippen LogP) is 5.97. The number of carbonyl (C=O) groups is 1. The van der Waals surface area contributed by atoms with Crippen LogP contribution in [0, 0.1) is 6.92 Å². The van der Waals surface area contributed by atoms with E-state index in [4.69, 9.17) is 23.2 Å². The molecule has 0 aliphatic heterocycles. The van der Waals surface area contributed by atoms with E-state index in [1.165, 1.54) is 23.9 Å². The molecule has 0 saturated heterocycles. The van der Waals surface area contributed by atoms with Crippen molar-refractivity contribution in [3.8, 4) is 0 Å². The Hall–Kier alpha value is -2.19. The van der Waals surface area contributed by atoms with Gasteiger partial charge in [0.25, 0.3) is 10.0 Å². The maximum Gasteiger partial charge on any atom is 0.261 e. The van der Waals surface area contributed by atoms with Gasteiger partial charge in [-0.25, -0.2) is 8.42 Å². The Balaban J connectivity index is 1.52. The predicted molar refractivity (Wildman–Crippen MR) is 130 cm³/mol. The van der Waals surface area contributed by atoms with Crippen molar-refractivity contribution in [1.82, 2.24) is 0 Å². The summed E-state index contributed by atoms with van der Waals surface area (Å²) in [6.07, 6.45) is 0. The van der Waals surface area contributed by atoms with E-state index in [9.17, 15) is 13.2 Å². The number of hydrogen-bond donors (Lipinski definition) is 2. The molecule has 3 aromatic rings. The Morgan fingerprint density at radius 2 is 1.55 bits per heavy atom. The first-order valence-electron chi connectivity index (χ1n) is 9.24. The van der Waals surface area contributed by atoms with Gasteiger partial charge in [0.2, 0.25) is 5.91 Å². The normalized spacial score (nSPS) is 11.2. The maximum absolute atomic E-state index is 12.5. The third-order valence-electron chi connectivity index (χ3n) is 4.24. The zero-order chi connectivity index (χ0) is 22.4. The second-order valence-corrected chi connectivity index (χ2v) is 10.3. The molecular weight excluding hydrogens is 475 g/mol. The summed E-state index contributed by atoms with van der Waals surface area (Å²) in [6, 6.07) is 18.5. The minimum absolute atomic E-state index is 0.111. The summed E-state index contributed by atoms with van der Waals surface area (Å²) in [4.78, 5) is 12.3. The number of thioether (sulfide) groups is 1. The van der Waals surface area contributed by atoms with Gasteiger partial charge in [-0.15, -0.1) is 11.8 Å². The van der Waals surface area contributed by atoms with E-state index in [2.05, 4.69) is 10.0 Å². The summed E-state index contributed by atoms with van der Waals surface area (Å²) in [5.74, 6) is 0.681. The number of sulfonamides is 1. The van der Waals surface area contributed by atoms with Crippen molar-refractivity contribution >= 4 is 62.3 Å². The first-order chi connectivity index (χ1) is 14.7. The van der Waals surface area contributed by atoms with Crippen LogP contribution in [0.4, 0.5) is 11.4 Å². The molecule has 0 heterocycles. The average Bonchev–Trinajstić information content (AvgIpc) is 2.72. The monoisotopic (exact) mass is 494 g/mol. The second kappa shape index (κ2) is 10.4. The lowest BCUT2D eigenvalue weighted by Crippen LogP contribution is -2.15. The SMILES string of the molecule is Cc1ccc(NS(=O)(=O)c2ccc(NC(=O)CSCc3ccc(Cl)c(Cl)c3)cc2)cc1. The van der Waals surface area contributed by atoms with Crippen LogP contribution >= 0.6 is 35.0 Å². The molecule has 0 saturated carbocycles. The number of halogens is 2. The summed E-state index contributed by atoms with van der Waals surface area (Å²) < 4.78 is 27.6. The number of rotatable bonds is 8. The Morgan fingerprint density at radius 1 is 0.903 bits per heavy atom. The summed E-state index contributed by atoms with van der Waals surface area (Å²) >= 11 is 13.3. The van der Waals surface area contributed by atoms with Crippen LogP contribution in [0.3, 0.4) is 0 Å². The van der Waals surface area contributed by atoms with E-state index < -0.39 is 10.0 Å². The summed E-state index contributed by atoms with van der Waals surface area (Å²) in [6.45, 7) is 1.93. The molecule has 31 heavy (non-hydrogen) atoms. The average molecular weight is 495 g/mol. The zero-order valence-electron chi connectivity index (χ0n) is 16.6. The highest BCUT2D eigenvalue weighted by atomic mass is 35.5. The minimum atomic E-state index is -3.71. The Kier molecular flexibility index (Phi) is 7.89. The van der Waals surface area contributed by atoms with Gasteiger partial charge < -0.3 is 5.32 Å². The van der Waals surface area contributed by atoms with Crippen molar-refractivity contribution in [3.63, 3.8) is 0 Å². The Labute approximate surface area is 196 Å². The molecule has 1 amide bonds. The largest absolute Gasteiger partial charge is 0.325 e. The molecule has 3 aromatic carbocycles. The lowest BCUT2D eigenvalue weighted by Gasteiger charge is -2.10. The number of carbonyl (C=O) groups excluding carboxylic acids is 1. The van der Waals surface area contributed by atoms with E-state index in [0.29, 0.717) is 27.2 Å². The van der Waals surface area contributed by atoms with Crippen molar-refractivity contribution < 1.29 is 13.2 Å². The van der Waals surface area contributed by atoms with Gasteiger partial charge in [-0.3, -0.25) is 9.52 Å². The highest BCUT2D eigenvalue weighted by Crippen LogP contribution is 2.25. The minimum Gasteiger partial charge on any atom is -0.325 e. The van der Waals surface area contributed by atoms with Crippen LogP contribution < -0.4 is 10.0 Å². The van der Waals surface area contributed by atoms with Crippen LogP contribution in [-0.4, -0.2) is 20.1 Å². The number of benzene rings is 3. The lowest BCUT2D eigenvalue weighted by molar-refractivity contribution is -0.113. The van der Waals surface area contributed by atoms with Crippen molar-refractivity contribution in [2.75, 3.05) is 15.8 Å². The van der Waals surface area contributed by atoms with Crippen molar-refractivity contribution in [2.24, 2.45) is 0 Å². The third kappa shape index (κ3) is 6.90. The fraction of sp³-hybridized carbons (Fsp3) is 0.136. The summed E-state index contributed by atoms with van der Waals surface area (Å²) in [7, 11) is -3.71. The van der Waals surface area contributed by atoms with Gasteiger partial charge in [0, 0.05) is 17.1 Å². The molecule has 0 spiro atoms. The van der Waals surface area contributed by atoms with Gasteiger partial charge in [0.15, 0.2) is 0 Å². The molecule has 0 atom stereocenters. The molecule has 0 fully saturated rings. The van der Waals surface area contributed by atoms with Crippen LogP contribution in [0.5, 0.6) is 0 Å². The standard InChI is InChI=1S/C22H20Cl2N2O3S2/c1-15-2-5-18(6-3-15)26-31(28,29)19-9-7-17(8-10-19)25-22(27)14-30-13-16-4-11-20(23)21(24)12-16/h2-12,26H,13-14H2,1H3,(H,25,27). The Bertz CT molecular complexity index is 1170. The second-order valence-electron chi connectivity index (χ2n) is 6.79. The fourth-order valence-corrected chi connectivity index (χ4v) is 4.80. The van der Waals surface area contributed by atoms with Crippen molar-refractivity contribution in [1.29, 1.82) is 0 Å². The summed E-state index contributed by atoms with van der Waals surface area (Å²) in [5, 5.41) is 3.74. The molecule has 0 aliphatic rings. The van der Waals surface area contributed by atoms with Gasteiger partial charge in [-0.05, 0) is 61.0 Å². The lowest BCUT2D eigenvalue weighted by atomic mass is 10.2. The van der Waals surface area contributed by atoms with Gasteiger partial charge >= 0.3 is 0 Å². The van der Waals surface area contributed by atoms with Crippen LogP contribution in [0.25, 0.3) is 0 Å². The van der Waals surface area contributed by atoms with E-state index in [-0.39, 0.29) is 16.6 Å². The van der Waals surface area contributed by atoms with E-state index >= 15 is 0 Å². The first kappa shape index (κ1) is 23.5. The highest BCUT2D eigenvalue weighted by Gasteiger charge is 2.14. The summed E-state index contributed by atoms with van der Waals surface area (Å²) in [5.41, 5.74) is 3.03. The molecule has 0 radical (unpaired) electrons. The fourth-order valence-electron chi connectivity index (χ4n) is 2.64. The molecule has 0 aromatic heterocycles. The zero-order valence-corrected chi connectivity index (χ0v) is 19.7. The van der Waals surface area contributed by atoms with E-state index in [1.807, 2.05) is 25.1 Å². The van der Waals surface area contributed by atoms with Gasteiger partial charge in [-0.2, -0.15) is 0 Å². The number of nitrogens with one attached hydrogen (secondary N) is 2. The molecule has 3 rings (SSSR count). The van der Waals surface area contributed by atoms with Gasteiger partial charge in [0.1, 0.15) is 0 Å². The number of anilines is 2. The van der Waals surface area contributed by atoms with Crippen molar-refractivity contribution in [2.45, 2.75) is 17.6 Å². The third-order valence-corrected chi connectivity index (χ3v) is 7.38. The Morgan fingerprint density at radius 3 is 2.19 bits per heavy atom. The van der Waals surface area contributed by atoms with Crippen LogP contribution in [0.15, 0.2) is 71.6 Å². The topological polar surface area (TPSA) is 75.3 Å². The van der Waals surface area contributed by atoms with E-state index in [0.717, 1.165) is 11.1 Å². The quantitative estimate of drug-likeness (QED) is 0.404. The molecule has 2 N–H and O–H groups in total. The van der Waals surface area contributed by atoms with Crippen LogP contribution in [0.1, 0.15) is 11.1 Å².